The van der Waals surface area contributed by atoms with Crippen LogP contribution in [0.1, 0.15) is 49.9 Å². The zero-order chi connectivity index (χ0) is 54.8. The summed E-state index contributed by atoms with van der Waals surface area (Å²) in [5.74, 6) is 0. The molecule has 0 fully saturated rings. The van der Waals surface area contributed by atoms with Gasteiger partial charge in [-0.05, 0) is 148 Å². The first-order valence-corrected chi connectivity index (χ1v) is 29.4. The lowest BCUT2D eigenvalue weighted by Crippen LogP contribution is -2.15. The molecule has 2 aliphatic carbocycles. The molecule has 6 aromatic heterocycles. The molecule has 6 heterocycles. The minimum atomic E-state index is -0.111. The van der Waals surface area contributed by atoms with Crippen LogP contribution in [-0.2, 0) is 10.8 Å². The van der Waals surface area contributed by atoms with E-state index in [1.54, 1.807) is 0 Å². The predicted molar refractivity (Wildman–Crippen MR) is 345 cm³/mol. The molecule has 6 nitrogen and oxygen atoms in total. The Balaban J connectivity index is 0.792. The molecule has 0 unspecified atom stereocenters. The zero-order valence-electron chi connectivity index (χ0n) is 45.8. The molecular formula is C76H49N3O3S. The van der Waals surface area contributed by atoms with Gasteiger partial charge in [0.2, 0.25) is 5.71 Å². The highest BCUT2D eigenvalue weighted by Gasteiger charge is 2.38. The molecule has 392 valence electrons. The lowest BCUT2D eigenvalue weighted by Gasteiger charge is -2.27. The van der Waals surface area contributed by atoms with Gasteiger partial charge in [-0.3, -0.25) is 4.40 Å². The number of fused-ring (bicyclic) bond motifs is 22. The van der Waals surface area contributed by atoms with Gasteiger partial charge < -0.3 is 23.1 Å². The van der Waals surface area contributed by atoms with E-state index in [0.29, 0.717) is 0 Å². The zero-order valence-corrected chi connectivity index (χ0v) is 46.7. The van der Waals surface area contributed by atoms with Crippen LogP contribution in [0.5, 0.6) is 0 Å². The van der Waals surface area contributed by atoms with Gasteiger partial charge in [0.05, 0.1) is 21.1 Å². The lowest BCUT2D eigenvalue weighted by molar-refractivity contribution is 0.652. The second-order valence-electron chi connectivity index (χ2n) is 24.0. The summed E-state index contributed by atoms with van der Waals surface area (Å²) in [4.78, 5) is 4.81. The van der Waals surface area contributed by atoms with Gasteiger partial charge >= 0.3 is 0 Å². The first-order chi connectivity index (χ1) is 40.6. The number of furan rings is 3. The first kappa shape index (κ1) is 45.6. The topological polar surface area (TPSA) is 50.3 Å². The molecule has 83 heavy (non-hydrogen) atoms. The van der Waals surface area contributed by atoms with Gasteiger partial charge in [-0.2, -0.15) is 0 Å². The number of nitrogens with zero attached hydrogens (tertiary/aromatic N) is 3. The van der Waals surface area contributed by atoms with Crippen molar-refractivity contribution in [2.75, 3.05) is 9.80 Å². The van der Waals surface area contributed by atoms with Crippen LogP contribution in [0, 0.1) is 0 Å². The van der Waals surface area contributed by atoms with Crippen molar-refractivity contribution >= 4 is 148 Å². The number of benzene rings is 11. The molecule has 0 amide bonds. The summed E-state index contributed by atoms with van der Waals surface area (Å²) in [6, 6.07) is 82.3. The fraction of sp³-hybridized carbons (Fsp3) is 0.0789. The Hall–Kier alpha value is -10.1. The molecular weight excluding hydrogens is 1030 g/mol. The highest BCUT2D eigenvalue weighted by atomic mass is 32.1. The fourth-order valence-electron chi connectivity index (χ4n) is 15.0. The SMILES string of the molecule is CC1(C)c2ccccc2-c2cc(N(c3ccc4c(c3)oc3c4c4cccc5c6sc7cc(N(c8ccc9c(c8)-c8ccccc8C9(C)C)c8ccc9oc%10ccccc%10c9c8)ccc7c6n3c54)c3ccc4oc5ccccc5c4c3)ccc21. The number of aromatic nitrogens is 1. The second-order valence-corrected chi connectivity index (χ2v) is 25.0. The Morgan fingerprint density at radius 1 is 0.325 bits per heavy atom. The summed E-state index contributed by atoms with van der Waals surface area (Å²) in [5, 5.41) is 10.2. The van der Waals surface area contributed by atoms with Gasteiger partial charge in [0.15, 0.2) is 0 Å². The number of thiophene rings is 1. The molecule has 0 aliphatic heterocycles. The molecule has 7 heteroatoms. The van der Waals surface area contributed by atoms with Crippen molar-refractivity contribution in [1.82, 2.24) is 4.40 Å². The Morgan fingerprint density at radius 3 is 1.40 bits per heavy atom. The van der Waals surface area contributed by atoms with Crippen molar-refractivity contribution in [3.8, 4) is 22.3 Å². The van der Waals surface area contributed by atoms with Crippen molar-refractivity contribution in [3.05, 3.63) is 247 Å². The molecule has 0 radical (unpaired) electrons. The quantitative estimate of drug-likeness (QED) is 0.166. The number of hydrogen-bond acceptors (Lipinski definition) is 6. The summed E-state index contributed by atoms with van der Waals surface area (Å²) in [7, 11) is 0. The smallest absolute Gasteiger partial charge is 0.213 e. The predicted octanol–water partition coefficient (Wildman–Crippen LogP) is 22.1. The Morgan fingerprint density at radius 2 is 0.783 bits per heavy atom. The van der Waals surface area contributed by atoms with Crippen LogP contribution in [0.4, 0.5) is 34.1 Å². The fourth-order valence-corrected chi connectivity index (χ4v) is 16.3. The van der Waals surface area contributed by atoms with E-state index >= 15 is 0 Å². The standard InChI is InChI=1S/C76H49N3O3S/c1-75(2)60-20-9-5-14-48(60)56-36-42(26-32-62(56)75)77(44-28-34-66-58(38-44)50-16-7-11-22-64(50)80-66)46-24-30-52-68(40-46)82-74-70(52)54-18-13-19-55-71(54)79(74)72-53-31-25-47(41-69(53)83-73(55)72)78(45-29-35-67-59(39-45)51-17-8-12-23-65(51)81-67)43-27-33-63-57(37-43)49-15-6-10-21-61(49)76(63,3)4/h5-41H,1-4H3. The molecule has 2 aliphatic rings. The van der Waals surface area contributed by atoms with Crippen molar-refractivity contribution in [2.24, 2.45) is 0 Å². The van der Waals surface area contributed by atoms with Crippen molar-refractivity contribution in [3.63, 3.8) is 0 Å². The Labute approximate surface area is 480 Å². The maximum Gasteiger partial charge on any atom is 0.213 e. The van der Waals surface area contributed by atoms with Crippen molar-refractivity contribution < 1.29 is 13.3 Å². The third-order valence-corrected chi connectivity index (χ3v) is 20.1. The summed E-state index contributed by atoms with van der Waals surface area (Å²) < 4.78 is 25.0. The van der Waals surface area contributed by atoms with Crippen molar-refractivity contribution in [1.29, 1.82) is 0 Å². The minimum Gasteiger partial charge on any atom is -0.456 e. The van der Waals surface area contributed by atoms with Crippen LogP contribution >= 0.6 is 11.3 Å². The van der Waals surface area contributed by atoms with E-state index in [2.05, 4.69) is 248 Å². The highest BCUT2D eigenvalue weighted by molar-refractivity contribution is 7.26. The average molecular weight is 1080 g/mol. The van der Waals surface area contributed by atoms with E-state index < -0.39 is 0 Å². The molecule has 0 saturated heterocycles. The van der Waals surface area contributed by atoms with Crippen LogP contribution in [-0.4, -0.2) is 4.40 Å². The van der Waals surface area contributed by atoms with Crippen LogP contribution in [0.25, 0.3) is 125 Å². The van der Waals surface area contributed by atoms with Crippen LogP contribution in [0.15, 0.2) is 238 Å². The molecule has 0 saturated carbocycles. The summed E-state index contributed by atoms with van der Waals surface area (Å²) >= 11 is 1.86. The normalized spacial score (nSPS) is 14.2. The van der Waals surface area contributed by atoms with Gasteiger partial charge in [-0.1, -0.05) is 143 Å². The maximum absolute atomic E-state index is 7.32. The van der Waals surface area contributed by atoms with E-state index in [-0.39, 0.29) is 10.8 Å². The van der Waals surface area contributed by atoms with E-state index in [1.165, 1.54) is 81.1 Å². The first-order valence-electron chi connectivity index (χ1n) is 28.6. The number of hydrogen-bond donors (Lipinski definition) is 0. The van der Waals surface area contributed by atoms with E-state index in [1.807, 2.05) is 29.5 Å². The minimum absolute atomic E-state index is 0.102. The van der Waals surface area contributed by atoms with E-state index in [9.17, 15) is 0 Å². The monoisotopic (exact) mass is 1080 g/mol. The third kappa shape index (κ3) is 6.01. The van der Waals surface area contributed by atoms with Gasteiger partial charge in [0.1, 0.15) is 27.9 Å². The van der Waals surface area contributed by atoms with Crippen LogP contribution in [0.2, 0.25) is 0 Å². The molecule has 17 aromatic rings. The van der Waals surface area contributed by atoms with E-state index in [4.69, 9.17) is 13.3 Å². The van der Waals surface area contributed by atoms with Gasteiger partial charge in [-0.15, -0.1) is 11.3 Å². The number of para-hydroxylation sites is 3. The van der Waals surface area contributed by atoms with Crippen molar-refractivity contribution in [2.45, 2.75) is 38.5 Å². The molecule has 0 spiro atoms. The molecule has 0 atom stereocenters. The molecule has 11 aromatic carbocycles. The lowest BCUT2D eigenvalue weighted by atomic mass is 9.82. The second kappa shape index (κ2) is 15.9. The number of anilines is 6. The van der Waals surface area contributed by atoms with Gasteiger partial charge in [-0.25, -0.2) is 0 Å². The summed E-state index contributed by atoms with van der Waals surface area (Å²) in [5.41, 5.74) is 24.3. The highest BCUT2D eigenvalue weighted by Crippen LogP contribution is 2.55. The Bertz CT molecular complexity index is 5680. The van der Waals surface area contributed by atoms with Crippen LogP contribution < -0.4 is 9.80 Å². The Kier molecular flexibility index (Phi) is 8.73. The molecule has 19 rings (SSSR count). The third-order valence-electron chi connectivity index (χ3n) is 18.9. The number of rotatable bonds is 6. The van der Waals surface area contributed by atoms with Gasteiger partial charge in [0, 0.05) is 98.8 Å². The average Bonchev–Trinajstić information content (AvgIpc) is 2.19. The molecule has 0 N–H and O–H groups in total. The largest absolute Gasteiger partial charge is 0.456 e. The van der Waals surface area contributed by atoms with Crippen LogP contribution in [0.3, 0.4) is 0 Å². The summed E-state index contributed by atoms with van der Waals surface area (Å²) in [6.07, 6.45) is 0. The molecule has 0 bridgehead atoms. The summed E-state index contributed by atoms with van der Waals surface area (Å²) in [6.45, 7) is 9.37. The van der Waals surface area contributed by atoms with Gasteiger partial charge in [0.25, 0.3) is 0 Å². The van der Waals surface area contributed by atoms with E-state index in [0.717, 1.165) is 100 Å². The maximum atomic E-state index is 7.32.